The number of nitrogens with zero attached hydrogens (tertiary/aromatic N) is 7. The van der Waals surface area contributed by atoms with Crippen LogP contribution in [-0.4, -0.2) is 65.4 Å². The molecule has 0 aliphatic carbocycles. The van der Waals surface area contributed by atoms with Gasteiger partial charge in [0.25, 0.3) is 6.43 Å². The van der Waals surface area contributed by atoms with Crippen molar-refractivity contribution in [2.75, 3.05) is 23.7 Å². The predicted molar refractivity (Wildman–Crippen MR) is 142 cm³/mol. The van der Waals surface area contributed by atoms with Crippen LogP contribution < -0.4 is 21.1 Å². The Morgan fingerprint density at radius 3 is 2.75 bits per heavy atom. The number of pyridine rings is 1. The lowest BCUT2D eigenvalue weighted by Gasteiger charge is -2.43. The summed E-state index contributed by atoms with van der Waals surface area (Å²) < 4.78 is 51.6. The molecule has 0 saturated carbocycles. The monoisotopic (exact) mass is 553 g/mol. The van der Waals surface area contributed by atoms with Crippen molar-refractivity contribution < 1.29 is 23.0 Å². The van der Waals surface area contributed by atoms with Gasteiger partial charge in [-0.05, 0) is 18.9 Å². The highest BCUT2D eigenvalue weighted by molar-refractivity contribution is 5.84. The fourth-order valence-electron chi connectivity index (χ4n) is 5.18. The molecule has 0 radical (unpaired) electrons. The molecule has 1 saturated heterocycles. The van der Waals surface area contributed by atoms with Gasteiger partial charge in [0.1, 0.15) is 11.9 Å². The van der Waals surface area contributed by atoms with E-state index in [4.69, 9.17) is 16.2 Å². The Kier molecular flexibility index (Phi) is 6.22. The van der Waals surface area contributed by atoms with Gasteiger partial charge in [-0.1, -0.05) is 0 Å². The zero-order valence-corrected chi connectivity index (χ0v) is 21.4. The number of benzene rings is 1. The van der Waals surface area contributed by atoms with Gasteiger partial charge in [0.15, 0.2) is 17.2 Å². The van der Waals surface area contributed by atoms with Crippen molar-refractivity contribution in [3.63, 3.8) is 0 Å². The Morgan fingerprint density at radius 1 is 1.12 bits per heavy atom. The van der Waals surface area contributed by atoms with E-state index in [1.165, 1.54) is 24.7 Å². The highest BCUT2D eigenvalue weighted by atomic mass is 19.3. The molecule has 11 nitrogen and oxygen atoms in total. The van der Waals surface area contributed by atoms with Crippen molar-refractivity contribution >= 4 is 28.1 Å². The number of nitrogen functional groups attached to an aromatic ring is 1. The number of nitrogens with two attached hydrogens (primary N) is 2. The van der Waals surface area contributed by atoms with Crippen molar-refractivity contribution in [2.24, 2.45) is 12.8 Å². The summed E-state index contributed by atoms with van der Waals surface area (Å²) in [4.78, 5) is 14.5. The minimum Gasteiger partial charge on any atom is -0.436 e. The molecule has 40 heavy (non-hydrogen) atoms. The van der Waals surface area contributed by atoms with Gasteiger partial charge < -0.3 is 26.2 Å². The number of hydrogen-bond donors (Lipinski definition) is 3. The number of ether oxygens (including phenoxy) is 1. The summed E-state index contributed by atoms with van der Waals surface area (Å²) in [6.07, 6.45) is 3.34. The van der Waals surface area contributed by atoms with E-state index < -0.39 is 23.9 Å². The van der Waals surface area contributed by atoms with E-state index in [2.05, 4.69) is 20.1 Å². The Bertz CT molecular complexity index is 1720. The molecular weight excluding hydrogens is 527 g/mol. The SMILES string of the molecule is Cn1ncc2cc(-c3cc(Oc4cnc5c(N)nccn45)c(N4CCC[C@](N)([C@H](O)C(F)F)C4)cn3)c(F)cc21. The number of aliphatic hydroxyl groups is 1. The molecule has 1 fully saturated rings. The first-order valence-electron chi connectivity index (χ1n) is 12.5. The first-order valence-corrected chi connectivity index (χ1v) is 12.5. The second-order valence-corrected chi connectivity index (χ2v) is 9.94. The lowest BCUT2D eigenvalue weighted by Crippen LogP contribution is -2.63. The number of rotatable bonds is 6. The molecule has 5 N–H and O–H groups in total. The number of piperidine rings is 1. The van der Waals surface area contributed by atoms with E-state index in [1.807, 2.05) is 0 Å². The van der Waals surface area contributed by atoms with Gasteiger partial charge in [0.2, 0.25) is 5.88 Å². The Hall–Kier alpha value is -4.43. The van der Waals surface area contributed by atoms with Crippen molar-refractivity contribution in [1.82, 2.24) is 29.1 Å². The van der Waals surface area contributed by atoms with Gasteiger partial charge >= 0.3 is 0 Å². The molecular formula is C26H26F3N9O2. The third-order valence-electron chi connectivity index (χ3n) is 7.32. The molecule has 5 heterocycles. The molecule has 208 valence electrons. The zero-order valence-electron chi connectivity index (χ0n) is 21.4. The quantitative estimate of drug-likeness (QED) is 0.289. The van der Waals surface area contributed by atoms with Crippen molar-refractivity contribution in [3.05, 3.63) is 55.0 Å². The van der Waals surface area contributed by atoms with Gasteiger partial charge in [0.05, 0.1) is 41.0 Å². The average molecular weight is 554 g/mol. The maximum atomic E-state index is 15.3. The fourth-order valence-corrected chi connectivity index (χ4v) is 5.18. The molecule has 0 unspecified atom stereocenters. The largest absolute Gasteiger partial charge is 0.436 e. The zero-order chi connectivity index (χ0) is 28.2. The number of hydrogen-bond acceptors (Lipinski definition) is 9. The van der Waals surface area contributed by atoms with Crippen LogP contribution in [0, 0.1) is 5.82 Å². The van der Waals surface area contributed by atoms with Crippen LogP contribution in [0.1, 0.15) is 12.8 Å². The fraction of sp³-hybridized carbons (Fsp3) is 0.308. The number of imidazole rings is 1. The summed E-state index contributed by atoms with van der Waals surface area (Å²) >= 11 is 0. The molecule has 1 aromatic carbocycles. The normalized spacial score (nSPS) is 18.6. The summed E-state index contributed by atoms with van der Waals surface area (Å²) in [5, 5.41) is 15.1. The van der Waals surface area contributed by atoms with E-state index >= 15 is 4.39 Å². The Morgan fingerprint density at radius 2 is 1.95 bits per heavy atom. The highest BCUT2D eigenvalue weighted by Gasteiger charge is 2.43. The standard InChI is InChI=1S/C26H26F3N9O2/c1-36-18-8-16(27)15(7-14(18)10-35-36)17-9-20(40-21-12-34-25-24(30)32-4-6-38(21)25)19(11-33-17)37-5-2-3-26(31,13-37)22(39)23(28)29/h4,6-12,22-23,39H,2-3,5,13,31H2,1H3,(H2,30,32)/t22-,26-/m1/s1. The van der Waals surface area contributed by atoms with Crippen molar-refractivity contribution in [3.8, 4) is 22.9 Å². The van der Waals surface area contributed by atoms with Gasteiger partial charge in [-0.25, -0.2) is 23.1 Å². The number of alkyl halides is 2. The first-order chi connectivity index (χ1) is 19.1. The van der Waals surface area contributed by atoms with E-state index in [1.54, 1.807) is 45.6 Å². The average Bonchev–Trinajstić information content (AvgIpc) is 3.51. The summed E-state index contributed by atoms with van der Waals surface area (Å²) in [5.74, 6) is 0.234. The Balaban J connectivity index is 1.45. The maximum Gasteiger partial charge on any atom is 0.265 e. The van der Waals surface area contributed by atoms with Crippen molar-refractivity contribution in [2.45, 2.75) is 30.9 Å². The van der Waals surface area contributed by atoms with E-state index in [0.717, 1.165) is 5.39 Å². The third kappa shape index (κ3) is 4.34. The van der Waals surface area contributed by atoms with Crippen LogP contribution in [0.15, 0.2) is 49.2 Å². The second kappa shape index (κ2) is 9.64. The number of aliphatic hydroxyl groups excluding tert-OH is 1. The topological polar surface area (TPSA) is 146 Å². The van der Waals surface area contributed by atoms with Gasteiger partial charge in [-0.2, -0.15) is 5.10 Å². The molecule has 14 heteroatoms. The number of fused-ring (bicyclic) bond motifs is 2. The third-order valence-corrected chi connectivity index (χ3v) is 7.32. The summed E-state index contributed by atoms with van der Waals surface area (Å²) in [5.41, 5.74) is 12.6. The van der Waals surface area contributed by atoms with Crippen LogP contribution >= 0.6 is 0 Å². The highest BCUT2D eigenvalue weighted by Crippen LogP contribution is 2.39. The lowest BCUT2D eigenvalue weighted by molar-refractivity contribution is -0.0529. The van der Waals surface area contributed by atoms with Gasteiger partial charge in [-0.15, -0.1) is 0 Å². The van der Waals surface area contributed by atoms with Gasteiger partial charge in [0, 0.05) is 55.6 Å². The van der Waals surface area contributed by atoms with Crippen LogP contribution in [0.2, 0.25) is 0 Å². The second-order valence-electron chi connectivity index (χ2n) is 9.94. The molecule has 0 spiro atoms. The lowest BCUT2D eigenvalue weighted by atomic mass is 9.84. The van der Waals surface area contributed by atoms with E-state index in [0.29, 0.717) is 29.8 Å². The molecule has 6 rings (SSSR count). The molecule has 1 aliphatic rings. The predicted octanol–water partition coefficient (Wildman–Crippen LogP) is 3.12. The molecule has 5 aromatic rings. The summed E-state index contributed by atoms with van der Waals surface area (Å²) in [6.45, 7) is 0.377. The van der Waals surface area contributed by atoms with Crippen LogP contribution in [0.25, 0.3) is 27.8 Å². The van der Waals surface area contributed by atoms with Crippen LogP contribution in [0.5, 0.6) is 11.6 Å². The van der Waals surface area contributed by atoms with Gasteiger partial charge in [-0.3, -0.25) is 14.1 Å². The maximum absolute atomic E-state index is 15.3. The molecule has 2 atom stereocenters. The number of anilines is 2. The first kappa shape index (κ1) is 25.8. The minimum atomic E-state index is -3.00. The number of halogens is 3. The molecule has 1 aliphatic heterocycles. The smallest absolute Gasteiger partial charge is 0.265 e. The molecule has 0 bridgehead atoms. The summed E-state index contributed by atoms with van der Waals surface area (Å²) in [7, 11) is 1.72. The van der Waals surface area contributed by atoms with Crippen molar-refractivity contribution in [1.29, 1.82) is 0 Å². The van der Waals surface area contributed by atoms with Crippen LogP contribution in [-0.2, 0) is 7.05 Å². The minimum absolute atomic E-state index is 0.0735. The number of aryl methyl sites for hydroxylation is 1. The van der Waals surface area contributed by atoms with E-state index in [-0.39, 0.29) is 41.7 Å². The van der Waals surface area contributed by atoms with E-state index in [9.17, 15) is 13.9 Å². The van der Waals surface area contributed by atoms with Crippen LogP contribution in [0.4, 0.5) is 24.7 Å². The molecule has 0 amide bonds. The molecule has 4 aromatic heterocycles. The Labute approximate surface area is 225 Å². The summed E-state index contributed by atoms with van der Waals surface area (Å²) in [6, 6.07) is 4.60. The van der Waals surface area contributed by atoms with Crippen LogP contribution in [0.3, 0.4) is 0 Å². The number of aromatic nitrogens is 6.